The van der Waals surface area contributed by atoms with Crippen LogP contribution in [0.4, 0.5) is 5.69 Å². The summed E-state index contributed by atoms with van der Waals surface area (Å²) in [5.74, 6) is 0.179. The molecule has 0 aliphatic rings. The Morgan fingerprint density at radius 1 is 1.32 bits per heavy atom. The summed E-state index contributed by atoms with van der Waals surface area (Å²) in [5.41, 5.74) is 2.50. The van der Waals surface area contributed by atoms with E-state index in [1.807, 2.05) is 19.9 Å². The molecule has 0 aromatic carbocycles. The summed E-state index contributed by atoms with van der Waals surface area (Å²) in [7, 11) is 0. The minimum Gasteiger partial charge on any atom is -0.324 e. The Labute approximate surface area is 115 Å². The fraction of sp³-hybridized carbons (Fsp3) is 0.231. The first-order chi connectivity index (χ1) is 9.13. The number of hydrogen-bond donors (Lipinski definition) is 1. The van der Waals surface area contributed by atoms with Crippen LogP contribution in [0.25, 0.3) is 0 Å². The number of rotatable bonds is 4. The van der Waals surface area contributed by atoms with Crippen molar-refractivity contribution in [3.8, 4) is 0 Å². The molecule has 0 unspecified atom stereocenters. The zero-order valence-corrected chi connectivity index (χ0v) is 11.6. The van der Waals surface area contributed by atoms with Gasteiger partial charge in [-0.3, -0.25) is 9.78 Å². The number of aryl methyl sites for hydroxylation is 2. The van der Waals surface area contributed by atoms with E-state index in [1.54, 1.807) is 24.5 Å². The van der Waals surface area contributed by atoms with E-state index < -0.39 is 0 Å². The number of hydrogen-bond acceptors (Lipinski definition) is 5. The molecule has 0 aliphatic carbocycles. The van der Waals surface area contributed by atoms with Gasteiger partial charge in [0, 0.05) is 17.6 Å². The summed E-state index contributed by atoms with van der Waals surface area (Å²) in [6.07, 6.45) is 3.27. The van der Waals surface area contributed by atoms with E-state index >= 15 is 0 Å². The molecule has 0 radical (unpaired) electrons. The van der Waals surface area contributed by atoms with Gasteiger partial charge in [-0.25, -0.2) is 9.97 Å². The second-order valence-electron chi connectivity index (χ2n) is 4.01. The smallest absolute Gasteiger partial charge is 0.234 e. The van der Waals surface area contributed by atoms with Crippen LogP contribution < -0.4 is 5.32 Å². The van der Waals surface area contributed by atoms with Crippen molar-refractivity contribution in [2.45, 2.75) is 19.0 Å². The van der Waals surface area contributed by atoms with Gasteiger partial charge in [-0.15, -0.1) is 0 Å². The third kappa shape index (κ3) is 4.33. The second kappa shape index (κ2) is 6.29. The molecule has 0 atom stereocenters. The Morgan fingerprint density at radius 2 is 2.05 bits per heavy atom. The van der Waals surface area contributed by atoms with Gasteiger partial charge in [-0.05, 0) is 32.0 Å². The molecule has 2 heterocycles. The summed E-state index contributed by atoms with van der Waals surface area (Å²) < 4.78 is 0. The second-order valence-corrected chi connectivity index (χ2v) is 4.95. The predicted molar refractivity (Wildman–Crippen MR) is 75.1 cm³/mol. The van der Waals surface area contributed by atoms with Gasteiger partial charge in [-0.1, -0.05) is 11.8 Å². The summed E-state index contributed by atoms with van der Waals surface area (Å²) in [5, 5.41) is 3.39. The van der Waals surface area contributed by atoms with Crippen molar-refractivity contribution in [3.63, 3.8) is 0 Å². The maximum atomic E-state index is 11.7. The van der Waals surface area contributed by atoms with E-state index in [4.69, 9.17) is 0 Å². The highest BCUT2D eigenvalue weighted by atomic mass is 32.2. The van der Waals surface area contributed by atoms with Gasteiger partial charge in [0.2, 0.25) is 5.91 Å². The molecule has 19 heavy (non-hydrogen) atoms. The van der Waals surface area contributed by atoms with Crippen LogP contribution in [0.3, 0.4) is 0 Å². The first kappa shape index (κ1) is 13.5. The first-order valence-electron chi connectivity index (χ1n) is 5.78. The van der Waals surface area contributed by atoms with Crippen LogP contribution in [0.2, 0.25) is 0 Å². The average Bonchev–Trinajstić information content (AvgIpc) is 2.36. The molecule has 0 spiro atoms. The van der Waals surface area contributed by atoms with Crippen LogP contribution in [0.5, 0.6) is 0 Å². The zero-order valence-electron chi connectivity index (χ0n) is 10.8. The highest BCUT2D eigenvalue weighted by Gasteiger charge is 2.06. The number of amides is 1. The molecule has 6 heteroatoms. The molecular formula is C13H14N4OS. The molecule has 0 fully saturated rings. The Kier molecular flexibility index (Phi) is 4.46. The number of anilines is 1. The van der Waals surface area contributed by atoms with Crippen LogP contribution in [0.15, 0.2) is 35.7 Å². The van der Waals surface area contributed by atoms with Gasteiger partial charge >= 0.3 is 0 Å². The minimum absolute atomic E-state index is 0.0965. The minimum atomic E-state index is -0.0965. The summed E-state index contributed by atoms with van der Waals surface area (Å²) in [6, 6.07) is 5.47. The van der Waals surface area contributed by atoms with Gasteiger partial charge in [-0.2, -0.15) is 0 Å². The molecule has 0 aliphatic heterocycles. The van der Waals surface area contributed by atoms with Crippen LogP contribution in [-0.4, -0.2) is 26.6 Å². The quantitative estimate of drug-likeness (QED) is 0.684. The monoisotopic (exact) mass is 274 g/mol. The van der Waals surface area contributed by atoms with Crippen molar-refractivity contribution in [1.29, 1.82) is 0 Å². The molecule has 2 rings (SSSR count). The topological polar surface area (TPSA) is 67.8 Å². The maximum absolute atomic E-state index is 11.7. The van der Waals surface area contributed by atoms with Crippen molar-refractivity contribution >= 4 is 23.4 Å². The SMILES string of the molecule is Cc1cc(C)nc(SCC(=O)Nc2cccnc2)n1. The van der Waals surface area contributed by atoms with Gasteiger partial charge in [0.15, 0.2) is 5.16 Å². The summed E-state index contributed by atoms with van der Waals surface area (Å²) in [4.78, 5) is 24.2. The highest BCUT2D eigenvalue weighted by molar-refractivity contribution is 7.99. The fourth-order valence-electron chi connectivity index (χ4n) is 1.52. The largest absolute Gasteiger partial charge is 0.324 e. The number of pyridine rings is 1. The van der Waals surface area contributed by atoms with Crippen molar-refractivity contribution in [1.82, 2.24) is 15.0 Å². The number of aromatic nitrogens is 3. The van der Waals surface area contributed by atoms with Crippen molar-refractivity contribution in [3.05, 3.63) is 42.0 Å². The lowest BCUT2D eigenvalue weighted by molar-refractivity contribution is -0.113. The van der Waals surface area contributed by atoms with E-state index in [-0.39, 0.29) is 11.7 Å². The highest BCUT2D eigenvalue weighted by Crippen LogP contribution is 2.14. The molecule has 2 aromatic rings. The number of nitrogens with one attached hydrogen (secondary N) is 1. The van der Waals surface area contributed by atoms with E-state index in [2.05, 4.69) is 20.3 Å². The number of thioether (sulfide) groups is 1. The Bertz CT molecular complexity index is 554. The Hall–Kier alpha value is -1.95. The Morgan fingerprint density at radius 3 is 2.68 bits per heavy atom. The number of carbonyl (C=O) groups is 1. The fourth-order valence-corrected chi connectivity index (χ4v) is 2.27. The van der Waals surface area contributed by atoms with E-state index in [9.17, 15) is 4.79 Å². The molecule has 0 saturated carbocycles. The third-order valence-electron chi connectivity index (χ3n) is 2.24. The van der Waals surface area contributed by atoms with E-state index in [0.717, 1.165) is 11.4 Å². The lowest BCUT2D eigenvalue weighted by Gasteiger charge is -2.04. The first-order valence-corrected chi connectivity index (χ1v) is 6.77. The molecule has 1 N–H and O–H groups in total. The van der Waals surface area contributed by atoms with Gasteiger partial charge in [0.1, 0.15) is 0 Å². The lowest BCUT2D eigenvalue weighted by Crippen LogP contribution is -2.14. The molecular weight excluding hydrogens is 260 g/mol. The molecule has 5 nitrogen and oxygen atoms in total. The van der Waals surface area contributed by atoms with Crippen LogP contribution in [-0.2, 0) is 4.79 Å². The van der Waals surface area contributed by atoms with Crippen molar-refractivity contribution in [2.24, 2.45) is 0 Å². The van der Waals surface area contributed by atoms with E-state index in [1.165, 1.54) is 11.8 Å². The van der Waals surface area contributed by atoms with Crippen molar-refractivity contribution < 1.29 is 4.79 Å². The molecule has 0 bridgehead atoms. The van der Waals surface area contributed by atoms with Gasteiger partial charge in [0.05, 0.1) is 17.6 Å². The molecule has 1 amide bonds. The van der Waals surface area contributed by atoms with Crippen LogP contribution in [0, 0.1) is 13.8 Å². The number of carbonyl (C=O) groups excluding carboxylic acids is 1. The third-order valence-corrected chi connectivity index (χ3v) is 3.09. The van der Waals surface area contributed by atoms with Crippen molar-refractivity contribution in [2.75, 3.05) is 11.1 Å². The van der Waals surface area contributed by atoms with Crippen LogP contribution >= 0.6 is 11.8 Å². The molecule has 98 valence electrons. The Balaban J connectivity index is 1.90. The zero-order chi connectivity index (χ0) is 13.7. The maximum Gasteiger partial charge on any atom is 0.234 e. The lowest BCUT2D eigenvalue weighted by atomic mass is 10.4. The van der Waals surface area contributed by atoms with Gasteiger partial charge in [0.25, 0.3) is 0 Å². The standard InChI is InChI=1S/C13H14N4OS/c1-9-6-10(2)16-13(15-9)19-8-12(18)17-11-4-3-5-14-7-11/h3-7H,8H2,1-2H3,(H,17,18). The molecule has 2 aromatic heterocycles. The summed E-state index contributed by atoms with van der Waals surface area (Å²) in [6.45, 7) is 3.82. The van der Waals surface area contributed by atoms with Gasteiger partial charge < -0.3 is 5.32 Å². The van der Waals surface area contributed by atoms with Crippen LogP contribution in [0.1, 0.15) is 11.4 Å². The normalized spacial score (nSPS) is 10.2. The predicted octanol–water partition coefficient (Wildman–Crippen LogP) is 2.22. The number of nitrogens with zero attached hydrogens (tertiary/aromatic N) is 3. The average molecular weight is 274 g/mol. The van der Waals surface area contributed by atoms with E-state index in [0.29, 0.717) is 10.8 Å². The summed E-state index contributed by atoms with van der Waals surface area (Å²) >= 11 is 1.32. The molecule has 0 saturated heterocycles.